The number of nitrogens with one attached hydrogen (secondary N) is 2. The number of aliphatic hydroxyl groups is 1. The number of hydrogen-bond donors (Lipinski definition) is 3. The van der Waals surface area contributed by atoms with E-state index in [1.54, 1.807) is 12.1 Å². The van der Waals surface area contributed by atoms with E-state index in [0.717, 1.165) is 36.5 Å². The van der Waals surface area contributed by atoms with E-state index in [2.05, 4.69) is 16.7 Å². The van der Waals surface area contributed by atoms with Crippen molar-refractivity contribution in [2.75, 3.05) is 19.0 Å². The molecular formula is C32H36F4N2O4. The third kappa shape index (κ3) is 6.19. The van der Waals surface area contributed by atoms with Crippen molar-refractivity contribution in [3.8, 4) is 5.75 Å². The summed E-state index contributed by atoms with van der Waals surface area (Å²) in [6.07, 6.45) is 4.41. The molecular weight excluding hydrogens is 552 g/mol. The molecule has 3 N–H and O–H groups in total. The number of fused-ring (bicyclic) bond motifs is 2. The number of benzene rings is 2. The van der Waals surface area contributed by atoms with Crippen molar-refractivity contribution in [1.29, 1.82) is 0 Å². The van der Waals surface area contributed by atoms with Crippen molar-refractivity contribution < 1.29 is 37.0 Å². The maximum absolute atomic E-state index is 13.9. The summed E-state index contributed by atoms with van der Waals surface area (Å²) >= 11 is 0. The van der Waals surface area contributed by atoms with Crippen molar-refractivity contribution in [1.82, 2.24) is 5.32 Å². The Balaban J connectivity index is 1.43. The van der Waals surface area contributed by atoms with E-state index in [0.29, 0.717) is 42.2 Å². The van der Waals surface area contributed by atoms with E-state index < -0.39 is 41.3 Å². The van der Waals surface area contributed by atoms with Crippen LogP contribution in [0.1, 0.15) is 66.4 Å². The largest absolute Gasteiger partial charge is 0.496 e. The fourth-order valence-corrected chi connectivity index (χ4v) is 6.76. The van der Waals surface area contributed by atoms with E-state index in [1.807, 2.05) is 6.07 Å². The Hall–Kier alpha value is -3.40. The van der Waals surface area contributed by atoms with Crippen LogP contribution in [0.3, 0.4) is 0 Å². The lowest BCUT2D eigenvalue weighted by molar-refractivity contribution is -0.140. The van der Waals surface area contributed by atoms with E-state index in [4.69, 9.17) is 4.74 Å². The molecule has 2 bridgehead atoms. The first-order valence-electron chi connectivity index (χ1n) is 14.6. The number of carbonyl (C=O) groups is 2. The van der Waals surface area contributed by atoms with Crippen molar-refractivity contribution in [2.24, 2.45) is 23.7 Å². The second kappa shape index (κ2) is 12.5. The number of allylic oxidation sites excluding steroid dienone is 1. The molecule has 0 aliphatic heterocycles. The number of anilines is 1. The predicted molar refractivity (Wildman–Crippen MR) is 149 cm³/mol. The summed E-state index contributed by atoms with van der Waals surface area (Å²) in [5, 5.41) is 14.9. The summed E-state index contributed by atoms with van der Waals surface area (Å²) < 4.78 is 59.3. The molecule has 10 heteroatoms. The van der Waals surface area contributed by atoms with Crippen LogP contribution >= 0.6 is 0 Å². The fourth-order valence-electron chi connectivity index (χ4n) is 6.76. The number of amides is 2. The van der Waals surface area contributed by atoms with Gasteiger partial charge < -0.3 is 20.5 Å². The Bertz CT molecular complexity index is 1350. The Morgan fingerprint density at radius 2 is 1.83 bits per heavy atom. The van der Waals surface area contributed by atoms with Gasteiger partial charge >= 0.3 is 6.18 Å². The molecule has 2 aromatic carbocycles. The van der Waals surface area contributed by atoms with Gasteiger partial charge in [0, 0.05) is 24.3 Å². The first-order valence-corrected chi connectivity index (χ1v) is 14.6. The number of carbonyl (C=O) groups excluding carboxylic acids is 2. The molecule has 3 aliphatic carbocycles. The van der Waals surface area contributed by atoms with Gasteiger partial charge in [0.2, 0.25) is 5.91 Å². The van der Waals surface area contributed by atoms with Crippen molar-refractivity contribution in [2.45, 2.75) is 63.6 Å². The summed E-state index contributed by atoms with van der Waals surface area (Å²) in [7, 11) is 1.46. The van der Waals surface area contributed by atoms with Crippen LogP contribution in [-0.2, 0) is 17.4 Å². The topological polar surface area (TPSA) is 87.7 Å². The lowest BCUT2D eigenvalue weighted by Gasteiger charge is -2.30. The lowest BCUT2D eigenvalue weighted by Crippen LogP contribution is -2.48. The van der Waals surface area contributed by atoms with Gasteiger partial charge in [0.1, 0.15) is 11.6 Å². The minimum atomic E-state index is -4.91. The Labute approximate surface area is 242 Å². The second-order valence-electron chi connectivity index (χ2n) is 11.6. The number of alkyl halides is 3. The Kier molecular flexibility index (Phi) is 8.92. The number of halogens is 4. The molecule has 3 fully saturated rings. The second-order valence-corrected chi connectivity index (χ2v) is 11.6. The summed E-state index contributed by atoms with van der Waals surface area (Å²) in [4.78, 5) is 27.4. The Morgan fingerprint density at radius 3 is 2.50 bits per heavy atom. The summed E-state index contributed by atoms with van der Waals surface area (Å²) in [6, 6.07) is 7.08. The number of ether oxygens (including phenoxy) is 1. The van der Waals surface area contributed by atoms with Gasteiger partial charge in [-0.3, -0.25) is 9.59 Å². The van der Waals surface area contributed by atoms with E-state index in [1.165, 1.54) is 26.4 Å². The maximum Gasteiger partial charge on any atom is 0.419 e. The van der Waals surface area contributed by atoms with Gasteiger partial charge in [0.05, 0.1) is 24.2 Å². The monoisotopic (exact) mass is 588 g/mol. The zero-order valence-corrected chi connectivity index (χ0v) is 23.5. The van der Waals surface area contributed by atoms with Gasteiger partial charge in [-0.25, -0.2) is 4.39 Å². The van der Waals surface area contributed by atoms with E-state index in [9.17, 15) is 32.3 Å². The fraction of sp³-hybridized carbons (Fsp3) is 0.500. The molecule has 0 aromatic heterocycles. The third-order valence-electron chi connectivity index (χ3n) is 9.08. The highest BCUT2D eigenvalue weighted by Gasteiger charge is 2.54. The average molecular weight is 589 g/mol. The average Bonchev–Trinajstić information content (AvgIpc) is 3.46. The molecule has 4 atom stereocenters. The molecule has 3 aliphatic rings. The number of hydrogen-bond acceptors (Lipinski definition) is 4. The van der Waals surface area contributed by atoms with Crippen LogP contribution in [-0.4, -0.2) is 36.7 Å². The first kappa shape index (κ1) is 30.1. The highest BCUT2D eigenvalue weighted by Crippen LogP contribution is 2.53. The van der Waals surface area contributed by atoms with Crippen molar-refractivity contribution in [3.63, 3.8) is 0 Å². The number of methoxy groups -OCH3 is 1. The molecule has 6 nitrogen and oxygen atoms in total. The molecule has 2 aromatic rings. The molecule has 226 valence electrons. The standard InChI is InChI=1S/C32H36F4N2O4/c1-42-27-14-8-19(6-3-15-39)16-24(27)30(40)38-29-23-12-11-22(21(23)10-7-18-4-2-5-18)28(29)31(41)37-20-9-13-26(33)25(17-20)32(34,35)36/h8-10,13-14,16-18,22-23,28-29,39H,2-7,11-12,15H2,1H3,(H,37,41)(H,38,40)/b21-10-/t22-,23+,28?,29?/m0/s1. The molecule has 5 rings (SSSR count). The van der Waals surface area contributed by atoms with Gasteiger partial charge in [-0.15, -0.1) is 0 Å². The van der Waals surface area contributed by atoms with Gasteiger partial charge in [-0.05, 0) is 79.8 Å². The van der Waals surface area contributed by atoms with Crippen LogP contribution in [0.2, 0.25) is 0 Å². The SMILES string of the molecule is COc1ccc(CCCO)cc1C(=O)NC1C(C(=O)Nc2ccc(F)c(C(F)(F)F)c2)[C@H]2CC[C@@H]1/C2=C\CC1CCC1. The minimum Gasteiger partial charge on any atom is -0.496 e. The number of rotatable bonds is 10. The molecule has 2 amide bonds. The van der Waals surface area contributed by atoms with E-state index in [-0.39, 0.29) is 24.1 Å². The lowest BCUT2D eigenvalue weighted by atomic mass is 9.82. The van der Waals surface area contributed by atoms with Gasteiger partial charge in [-0.1, -0.05) is 37.0 Å². The van der Waals surface area contributed by atoms with Crippen LogP contribution in [0.5, 0.6) is 5.75 Å². The van der Waals surface area contributed by atoms with Gasteiger partial charge in [0.15, 0.2) is 0 Å². The molecule has 0 radical (unpaired) electrons. The van der Waals surface area contributed by atoms with Crippen molar-refractivity contribution in [3.05, 3.63) is 70.6 Å². The third-order valence-corrected chi connectivity index (χ3v) is 9.08. The summed E-state index contributed by atoms with van der Waals surface area (Å²) in [5.74, 6) is -2.28. The molecule has 0 spiro atoms. The van der Waals surface area contributed by atoms with Crippen LogP contribution < -0.4 is 15.4 Å². The van der Waals surface area contributed by atoms with Crippen LogP contribution in [0.15, 0.2) is 48.0 Å². The van der Waals surface area contributed by atoms with Crippen LogP contribution in [0, 0.1) is 29.5 Å². The zero-order valence-electron chi connectivity index (χ0n) is 23.5. The molecule has 3 saturated carbocycles. The normalized spacial score (nSPS) is 24.5. The smallest absolute Gasteiger partial charge is 0.419 e. The quantitative estimate of drug-likeness (QED) is 0.225. The molecule has 0 heterocycles. The molecule has 42 heavy (non-hydrogen) atoms. The molecule has 0 saturated heterocycles. The predicted octanol–water partition coefficient (Wildman–Crippen LogP) is 6.29. The van der Waals surface area contributed by atoms with Crippen molar-refractivity contribution >= 4 is 17.5 Å². The van der Waals surface area contributed by atoms with Gasteiger partial charge in [-0.2, -0.15) is 13.2 Å². The highest BCUT2D eigenvalue weighted by molar-refractivity contribution is 5.99. The molecule has 2 unspecified atom stereocenters. The first-order chi connectivity index (χ1) is 20.1. The van der Waals surface area contributed by atoms with Crippen LogP contribution in [0.25, 0.3) is 0 Å². The van der Waals surface area contributed by atoms with E-state index >= 15 is 0 Å². The Morgan fingerprint density at radius 1 is 1.07 bits per heavy atom. The zero-order chi connectivity index (χ0) is 30.0. The number of aliphatic hydroxyl groups excluding tert-OH is 1. The number of aryl methyl sites for hydroxylation is 1. The minimum absolute atomic E-state index is 0.0178. The summed E-state index contributed by atoms with van der Waals surface area (Å²) in [6.45, 7) is 0.0178. The highest BCUT2D eigenvalue weighted by atomic mass is 19.4. The van der Waals surface area contributed by atoms with Gasteiger partial charge in [0.25, 0.3) is 5.91 Å². The summed E-state index contributed by atoms with van der Waals surface area (Å²) in [5.41, 5.74) is 0.691. The maximum atomic E-state index is 13.9. The van der Waals surface area contributed by atoms with Crippen LogP contribution in [0.4, 0.5) is 23.2 Å².